The summed E-state index contributed by atoms with van der Waals surface area (Å²) in [5.74, 6) is -2.31. The second-order valence-corrected chi connectivity index (χ2v) is 13.5. The first-order chi connectivity index (χ1) is 19.2. The summed E-state index contributed by atoms with van der Waals surface area (Å²) in [5.41, 5.74) is 6.17. The highest BCUT2D eigenvalue weighted by atomic mass is 16.6. The lowest BCUT2D eigenvalue weighted by molar-refractivity contribution is -0.384. The van der Waals surface area contributed by atoms with Gasteiger partial charge in [0.05, 0.1) is 29.4 Å². The van der Waals surface area contributed by atoms with Crippen LogP contribution in [0.4, 0.5) is 11.4 Å². The van der Waals surface area contributed by atoms with Crippen molar-refractivity contribution >= 4 is 23.2 Å². The van der Waals surface area contributed by atoms with Crippen molar-refractivity contribution in [3.63, 3.8) is 0 Å². The second-order valence-electron chi connectivity index (χ2n) is 13.5. The molecule has 1 heterocycles. The molecule has 0 N–H and O–H groups in total. The molecule has 2 amide bonds. The minimum Gasteiger partial charge on any atom is -0.494 e. The SMILES string of the molecule is CCOc1ccc(N2C(=O)[C@H]3[C@@H]4c5ccc(C(C)(C)C)cc5[C@H](c5ccc(C(C)(C)C)cc54)[C@@H]3C2=O)c([N+](=O)[O-])c1. The number of amides is 2. The van der Waals surface area contributed by atoms with Gasteiger partial charge < -0.3 is 4.74 Å². The standard InChI is InChI=1S/C34H36N2O5/c1-8-41-20-11-14-25(26(17-20)36(39)40)35-31(37)29-27-22-13-10-19(34(5,6)7)16-24(22)28(30(29)32(35)38)21-12-9-18(15-23(21)27)33(2,3)4/h9-17,27-30H,8H2,1-7H3/t27-,28+,29-,30-/m0/s1. The zero-order valence-corrected chi connectivity index (χ0v) is 24.6. The smallest absolute Gasteiger partial charge is 0.297 e. The molecule has 4 atom stereocenters. The van der Waals surface area contributed by atoms with Crippen LogP contribution in [0.3, 0.4) is 0 Å². The van der Waals surface area contributed by atoms with Gasteiger partial charge >= 0.3 is 0 Å². The average Bonchev–Trinajstić information content (AvgIpc) is 3.17. The summed E-state index contributed by atoms with van der Waals surface area (Å²) in [4.78, 5) is 41.3. The Labute approximate surface area is 240 Å². The van der Waals surface area contributed by atoms with Crippen molar-refractivity contribution in [1.29, 1.82) is 0 Å². The molecule has 1 aliphatic heterocycles. The molecule has 0 aromatic heterocycles. The average molecular weight is 553 g/mol. The molecule has 0 unspecified atom stereocenters. The van der Waals surface area contributed by atoms with E-state index >= 15 is 0 Å². The zero-order chi connectivity index (χ0) is 29.6. The minimum atomic E-state index is -0.630. The largest absolute Gasteiger partial charge is 0.494 e. The van der Waals surface area contributed by atoms with E-state index in [1.807, 2.05) is 0 Å². The lowest BCUT2D eigenvalue weighted by Gasteiger charge is -2.47. The van der Waals surface area contributed by atoms with Crippen LogP contribution in [-0.2, 0) is 20.4 Å². The van der Waals surface area contributed by atoms with E-state index in [9.17, 15) is 19.7 Å². The first kappa shape index (κ1) is 27.2. The molecule has 41 heavy (non-hydrogen) atoms. The molecule has 0 radical (unpaired) electrons. The predicted molar refractivity (Wildman–Crippen MR) is 158 cm³/mol. The van der Waals surface area contributed by atoms with Crippen LogP contribution in [-0.4, -0.2) is 23.3 Å². The summed E-state index contributed by atoms with van der Waals surface area (Å²) >= 11 is 0. The normalized spacial score (nSPS) is 22.9. The van der Waals surface area contributed by atoms with Crippen molar-refractivity contribution < 1.29 is 19.2 Å². The number of imide groups is 1. The van der Waals surface area contributed by atoms with Gasteiger partial charge in [-0.1, -0.05) is 77.9 Å². The number of hydrogen-bond acceptors (Lipinski definition) is 5. The Balaban J connectivity index is 1.55. The lowest BCUT2D eigenvalue weighted by atomic mass is 9.54. The number of ether oxygens (including phenoxy) is 1. The predicted octanol–water partition coefficient (Wildman–Crippen LogP) is 6.99. The lowest BCUT2D eigenvalue weighted by Crippen LogP contribution is -2.42. The molecule has 3 aliphatic carbocycles. The zero-order valence-electron chi connectivity index (χ0n) is 24.6. The van der Waals surface area contributed by atoms with Crippen LogP contribution >= 0.6 is 0 Å². The maximum atomic E-state index is 14.3. The molecule has 1 saturated heterocycles. The summed E-state index contributed by atoms with van der Waals surface area (Å²) in [6, 6.07) is 17.3. The quantitative estimate of drug-likeness (QED) is 0.198. The van der Waals surface area contributed by atoms with E-state index in [2.05, 4.69) is 77.9 Å². The molecule has 4 aliphatic rings. The second kappa shape index (κ2) is 9.00. The third-order valence-corrected chi connectivity index (χ3v) is 9.06. The van der Waals surface area contributed by atoms with Gasteiger partial charge in [-0.05, 0) is 63.3 Å². The van der Waals surface area contributed by atoms with Gasteiger partial charge in [-0.2, -0.15) is 0 Å². The molecule has 0 saturated carbocycles. The monoisotopic (exact) mass is 552 g/mol. The molecule has 7 heteroatoms. The topological polar surface area (TPSA) is 89.8 Å². The Morgan fingerprint density at radius 2 is 1.24 bits per heavy atom. The molecular weight excluding hydrogens is 516 g/mol. The first-order valence-corrected chi connectivity index (χ1v) is 14.3. The number of rotatable bonds is 4. The number of benzene rings is 3. The van der Waals surface area contributed by atoms with Crippen LogP contribution in [0, 0.1) is 22.0 Å². The molecule has 212 valence electrons. The van der Waals surface area contributed by atoms with Crippen molar-refractivity contribution in [3.8, 4) is 5.75 Å². The van der Waals surface area contributed by atoms with Gasteiger partial charge in [-0.25, -0.2) is 4.90 Å². The Hall–Kier alpha value is -4.00. The number of anilines is 1. The maximum Gasteiger partial charge on any atom is 0.297 e. The number of nitrogens with zero attached hydrogens (tertiary/aromatic N) is 2. The highest BCUT2D eigenvalue weighted by Crippen LogP contribution is 2.62. The van der Waals surface area contributed by atoms with Crippen LogP contribution in [0.15, 0.2) is 54.6 Å². The van der Waals surface area contributed by atoms with Crippen LogP contribution < -0.4 is 9.64 Å². The Morgan fingerprint density at radius 1 is 0.756 bits per heavy atom. The van der Waals surface area contributed by atoms with E-state index in [-0.39, 0.29) is 45.9 Å². The molecule has 2 bridgehead atoms. The molecule has 7 rings (SSSR count). The molecule has 1 fully saturated rings. The van der Waals surface area contributed by atoms with Crippen LogP contribution in [0.2, 0.25) is 0 Å². The molecule has 3 aromatic rings. The number of nitro groups is 1. The minimum absolute atomic E-state index is 0.00104. The van der Waals surface area contributed by atoms with Crippen molar-refractivity contribution in [3.05, 3.63) is 98.1 Å². The van der Waals surface area contributed by atoms with Gasteiger partial charge in [0.15, 0.2) is 0 Å². The maximum absolute atomic E-state index is 14.3. The van der Waals surface area contributed by atoms with Crippen LogP contribution in [0.25, 0.3) is 0 Å². The van der Waals surface area contributed by atoms with Crippen molar-refractivity contribution in [1.82, 2.24) is 0 Å². The van der Waals surface area contributed by atoms with Crippen molar-refractivity contribution in [2.24, 2.45) is 11.8 Å². The van der Waals surface area contributed by atoms with Gasteiger partial charge in [0.2, 0.25) is 11.8 Å². The summed E-state index contributed by atoms with van der Waals surface area (Å²) in [5, 5.41) is 12.1. The first-order valence-electron chi connectivity index (χ1n) is 14.3. The molecular formula is C34H36N2O5. The van der Waals surface area contributed by atoms with Crippen LogP contribution in [0.1, 0.15) is 93.7 Å². The van der Waals surface area contributed by atoms with Gasteiger partial charge in [0.1, 0.15) is 11.4 Å². The number of carbonyl (C=O) groups is 2. The number of nitro benzene ring substituents is 1. The van der Waals surface area contributed by atoms with Gasteiger partial charge in [-0.15, -0.1) is 0 Å². The van der Waals surface area contributed by atoms with E-state index in [1.54, 1.807) is 13.0 Å². The Morgan fingerprint density at radius 3 is 1.66 bits per heavy atom. The van der Waals surface area contributed by atoms with Crippen molar-refractivity contribution in [2.75, 3.05) is 11.5 Å². The van der Waals surface area contributed by atoms with E-state index < -0.39 is 16.8 Å². The summed E-state index contributed by atoms with van der Waals surface area (Å²) in [6.45, 7) is 15.1. The molecule has 0 spiro atoms. The molecule has 3 aromatic carbocycles. The third-order valence-electron chi connectivity index (χ3n) is 9.06. The fourth-order valence-corrected chi connectivity index (χ4v) is 7.04. The number of carbonyl (C=O) groups excluding carboxylic acids is 2. The Bertz CT molecular complexity index is 1540. The number of hydrogen-bond donors (Lipinski definition) is 0. The van der Waals surface area contributed by atoms with Gasteiger partial charge in [0.25, 0.3) is 5.69 Å². The van der Waals surface area contributed by atoms with Crippen molar-refractivity contribution in [2.45, 2.75) is 71.1 Å². The van der Waals surface area contributed by atoms with E-state index in [0.29, 0.717) is 12.4 Å². The Kier molecular flexibility index (Phi) is 5.97. The summed E-state index contributed by atoms with van der Waals surface area (Å²) in [6.07, 6.45) is 0. The highest BCUT2D eigenvalue weighted by molar-refractivity contribution is 6.24. The van der Waals surface area contributed by atoms with Gasteiger partial charge in [0, 0.05) is 11.8 Å². The summed E-state index contributed by atoms with van der Waals surface area (Å²) < 4.78 is 5.48. The van der Waals surface area contributed by atoms with Crippen LogP contribution in [0.5, 0.6) is 5.75 Å². The third kappa shape index (κ3) is 4.00. The fraction of sp³-hybridized carbons (Fsp3) is 0.412. The van der Waals surface area contributed by atoms with E-state index in [4.69, 9.17) is 4.74 Å². The fourth-order valence-electron chi connectivity index (χ4n) is 7.04. The van der Waals surface area contributed by atoms with Gasteiger partial charge in [-0.3, -0.25) is 19.7 Å². The molecule has 7 nitrogen and oxygen atoms in total. The highest BCUT2D eigenvalue weighted by Gasteiger charge is 2.62. The van der Waals surface area contributed by atoms with E-state index in [1.165, 1.54) is 23.3 Å². The van der Waals surface area contributed by atoms with E-state index in [0.717, 1.165) is 27.2 Å². The summed E-state index contributed by atoms with van der Waals surface area (Å²) in [7, 11) is 0.